The maximum atomic E-state index is 13.0. The number of likely N-dealkylation sites (N-methyl/N-ethyl adjacent to an activating group) is 1. The van der Waals surface area contributed by atoms with Crippen LogP contribution in [0.4, 0.5) is 0 Å². The molecular weight excluding hydrogens is 876 g/mol. The standard InChI is InChI=1S/C60H111N2O6P/c1-6-8-10-12-14-16-18-20-22-24-26-28-29-30-31-32-34-35-37-39-41-43-45-47-49-51-53-59(63)58(57-68-69(65,66)67-56-55-62(3,4)5)61-60(64)54-52-50-48-46-44-42-40-38-36-33-27-25-23-21-19-17-15-13-11-9-7-2/h9,11,15,17,21,23,27,33,38,40,44,46,58-59,63H,6-8,10,12-14,16,18-20,22,24-26,28-32,34-37,39,41-43,45,47-57H2,1-5H3,(H-,61,64,65,66)/p+1/b11-9-,17-15-,23-21-,33-27-,40-38-,46-44-. The lowest BCUT2D eigenvalue weighted by Gasteiger charge is -2.26. The second-order valence-corrected chi connectivity index (χ2v) is 22.1. The summed E-state index contributed by atoms with van der Waals surface area (Å²) in [6, 6.07) is -0.789. The molecule has 0 aromatic carbocycles. The van der Waals surface area contributed by atoms with Crippen molar-refractivity contribution in [3.8, 4) is 0 Å². The number of hydrogen-bond donors (Lipinski definition) is 3. The molecule has 69 heavy (non-hydrogen) atoms. The van der Waals surface area contributed by atoms with Crippen LogP contribution in [0, 0.1) is 0 Å². The third-order valence-electron chi connectivity index (χ3n) is 12.7. The van der Waals surface area contributed by atoms with Gasteiger partial charge in [0.2, 0.25) is 5.91 Å². The van der Waals surface area contributed by atoms with Gasteiger partial charge in [-0.25, -0.2) is 4.57 Å². The molecule has 1 amide bonds. The van der Waals surface area contributed by atoms with Crippen molar-refractivity contribution in [2.75, 3.05) is 40.9 Å². The van der Waals surface area contributed by atoms with Crippen LogP contribution in [0.1, 0.15) is 251 Å². The number of amides is 1. The molecule has 0 bridgehead atoms. The number of rotatable bonds is 52. The van der Waals surface area contributed by atoms with E-state index in [1.807, 2.05) is 21.1 Å². The van der Waals surface area contributed by atoms with Gasteiger partial charge < -0.3 is 19.8 Å². The lowest BCUT2D eigenvalue weighted by molar-refractivity contribution is -0.870. The molecule has 0 aromatic rings. The zero-order valence-corrected chi connectivity index (χ0v) is 46.7. The van der Waals surface area contributed by atoms with Gasteiger partial charge in [-0.2, -0.15) is 0 Å². The smallest absolute Gasteiger partial charge is 0.391 e. The first kappa shape index (κ1) is 66.9. The fourth-order valence-corrected chi connectivity index (χ4v) is 8.96. The zero-order chi connectivity index (χ0) is 50.6. The number of aliphatic hydroxyl groups excluding tert-OH is 1. The van der Waals surface area contributed by atoms with E-state index in [9.17, 15) is 19.4 Å². The van der Waals surface area contributed by atoms with Crippen molar-refractivity contribution in [2.24, 2.45) is 0 Å². The number of nitrogens with one attached hydrogen (secondary N) is 1. The highest BCUT2D eigenvalue weighted by molar-refractivity contribution is 7.47. The van der Waals surface area contributed by atoms with Crippen molar-refractivity contribution in [1.29, 1.82) is 0 Å². The molecule has 402 valence electrons. The van der Waals surface area contributed by atoms with Gasteiger partial charge in [0.25, 0.3) is 0 Å². The summed E-state index contributed by atoms with van der Waals surface area (Å²) < 4.78 is 23.8. The van der Waals surface area contributed by atoms with E-state index in [4.69, 9.17) is 9.05 Å². The van der Waals surface area contributed by atoms with E-state index >= 15 is 0 Å². The van der Waals surface area contributed by atoms with Gasteiger partial charge in [0.15, 0.2) is 0 Å². The second-order valence-electron chi connectivity index (χ2n) is 20.6. The predicted molar refractivity (Wildman–Crippen MR) is 300 cm³/mol. The Morgan fingerprint density at radius 3 is 1.25 bits per heavy atom. The molecule has 0 rings (SSSR count). The molecule has 9 heteroatoms. The number of allylic oxidation sites excluding steroid dienone is 12. The Morgan fingerprint density at radius 1 is 0.507 bits per heavy atom. The molecule has 0 aromatic heterocycles. The van der Waals surface area contributed by atoms with Gasteiger partial charge >= 0.3 is 7.82 Å². The highest BCUT2D eigenvalue weighted by atomic mass is 31.2. The minimum absolute atomic E-state index is 0.0627. The Labute approximate surface area is 427 Å². The number of nitrogens with zero attached hydrogens (tertiary/aromatic N) is 1. The predicted octanol–water partition coefficient (Wildman–Crippen LogP) is 17.5. The SMILES string of the molecule is CC/C=C\C/C=C\C/C=C\C/C=C\C/C=C\C/C=C\CCCCC(=O)NC(COP(=O)(O)OCC[N+](C)(C)C)C(O)CCCCCCCCCCCCCCCCCCCCCCCCCCCC. The molecule has 8 nitrogen and oxygen atoms in total. The van der Waals surface area contributed by atoms with E-state index in [0.29, 0.717) is 30.3 Å². The lowest BCUT2D eigenvalue weighted by atomic mass is 10.0. The molecule has 3 N–H and O–H groups in total. The molecular formula is C60H112N2O6P+. The first-order valence-electron chi connectivity index (χ1n) is 28.8. The number of hydrogen-bond acceptors (Lipinski definition) is 5. The van der Waals surface area contributed by atoms with Crippen LogP contribution in [-0.4, -0.2) is 73.4 Å². The van der Waals surface area contributed by atoms with Crippen molar-refractivity contribution in [1.82, 2.24) is 5.32 Å². The van der Waals surface area contributed by atoms with Crippen LogP contribution in [0.3, 0.4) is 0 Å². The topological polar surface area (TPSA) is 105 Å². The second kappa shape index (κ2) is 50.9. The molecule has 3 unspecified atom stereocenters. The summed E-state index contributed by atoms with van der Waals surface area (Å²) in [6.45, 7) is 4.76. The van der Waals surface area contributed by atoms with Crippen LogP contribution >= 0.6 is 7.82 Å². The van der Waals surface area contributed by atoms with Crippen molar-refractivity contribution in [3.63, 3.8) is 0 Å². The summed E-state index contributed by atoms with van der Waals surface area (Å²) in [5.41, 5.74) is 0. The van der Waals surface area contributed by atoms with Crippen molar-refractivity contribution < 1.29 is 32.9 Å². The molecule has 0 radical (unpaired) electrons. The van der Waals surface area contributed by atoms with Gasteiger partial charge in [-0.1, -0.05) is 254 Å². The van der Waals surface area contributed by atoms with E-state index in [1.165, 1.54) is 148 Å². The number of phosphoric acid groups is 1. The average Bonchev–Trinajstić information content (AvgIpc) is 3.31. The molecule has 0 aliphatic heterocycles. The summed E-state index contributed by atoms with van der Waals surface area (Å²) in [5, 5.41) is 14.0. The van der Waals surface area contributed by atoms with Crippen LogP contribution in [-0.2, 0) is 18.4 Å². The van der Waals surface area contributed by atoms with E-state index in [0.717, 1.165) is 70.6 Å². The summed E-state index contributed by atoms with van der Waals surface area (Å²) in [7, 11) is 1.58. The van der Waals surface area contributed by atoms with E-state index < -0.39 is 20.0 Å². The molecule has 0 saturated heterocycles. The first-order chi connectivity index (χ1) is 33.5. The number of unbranched alkanes of at least 4 members (excludes halogenated alkanes) is 27. The van der Waals surface area contributed by atoms with Crippen molar-refractivity contribution in [3.05, 3.63) is 72.9 Å². The number of carbonyl (C=O) groups is 1. The van der Waals surface area contributed by atoms with Gasteiger partial charge in [-0.15, -0.1) is 0 Å². The Kier molecular flexibility index (Phi) is 49.3. The van der Waals surface area contributed by atoms with Crippen LogP contribution in [0.5, 0.6) is 0 Å². The number of quaternary nitrogens is 1. The summed E-state index contributed by atoms with van der Waals surface area (Å²) in [6.07, 6.45) is 69.7. The highest BCUT2D eigenvalue weighted by Crippen LogP contribution is 2.43. The number of phosphoric ester groups is 1. The molecule has 0 fully saturated rings. The largest absolute Gasteiger partial charge is 0.472 e. The molecule has 0 spiro atoms. The maximum Gasteiger partial charge on any atom is 0.472 e. The minimum Gasteiger partial charge on any atom is -0.391 e. The summed E-state index contributed by atoms with van der Waals surface area (Å²) in [5.74, 6) is -0.186. The molecule has 3 atom stereocenters. The van der Waals surface area contributed by atoms with Crippen LogP contribution in [0.25, 0.3) is 0 Å². The first-order valence-corrected chi connectivity index (χ1v) is 30.3. The van der Waals surface area contributed by atoms with Crippen LogP contribution < -0.4 is 5.32 Å². The third kappa shape index (κ3) is 53.6. The Bertz CT molecular complexity index is 1350. The average molecular weight is 989 g/mol. The summed E-state index contributed by atoms with van der Waals surface area (Å²) >= 11 is 0. The number of carbonyl (C=O) groups excluding carboxylic acids is 1. The van der Waals surface area contributed by atoms with Gasteiger partial charge in [0.05, 0.1) is 39.9 Å². The third-order valence-corrected chi connectivity index (χ3v) is 13.7. The molecule has 0 saturated carbocycles. The van der Waals surface area contributed by atoms with Gasteiger partial charge in [-0.05, 0) is 64.2 Å². The quantitative estimate of drug-likeness (QED) is 0.0243. The molecule has 0 aliphatic rings. The van der Waals surface area contributed by atoms with Crippen molar-refractivity contribution in [2.45, 2.75) is 264 Å². The van der Waals surface area contributed by atoms with E-state index in [2.05, 4.69) is 92.1 Å². The monoisotopic (exact) mass is 988 g/mol. The fraction of sp³-hybridized carbons (Fsp3) is 0.783. The maximum absolute atomic E-state index is 13.0. The van der Waals surface area contributed by atoms with Gasteiger partial charge in [0, 0.05) is 6.42 Å². The van der Waals surface area contributed by atoms with Gasteiger partial charge in [0.1, 0.15) is 13.2 Å². The van der Waals surface area contributed by atoms with E-state index in [1.54, 1.807) is 0 Å². The fourth-order valence-electron chi connectivity index (χ4n) is 8.23. The van der Waals surface area contributed by atoms with Crippen molar-refractivity contribution >= 4 is 13.7 Å². The minimum atomic E-state index is -4.34. The summed E-state index contributed by atoms with van der Waals surface area (Å²) in [4.78, 5) is 23.3. The Balaban J connectivity index is 4.24. The molecule has 0 heterocycles. The van der Waals surface area contributed by atoms with Gasteiger partial charge in [-0.3, -0.25) is 13.8 Å². The normalized spacial score (nSPS) is 14.5. The Hall–Kier alpha value is -2.06. The highest BCUT2D eigenvalue weighted by Gasteiger charge is 2.28. The van der Waals surface area contributed by atoms with Crippen LogP contribution in [0.2, 0.25) is 0 Å². The Morgan fingerprint density at radius 2 is 0.870 bits per heavy atom. The zero-order valence-electron chi connectivity index (χ0n) is 45.8. The molecule has 0 aliphatic carbocycles. The lowest BCUT2D eigenvalue weighted by Crippen LogP contribution is -2.46. The number of aliphatic hydroxyl groups is 1. The van der Waals surface area contributed by atoms with Crippen LogP contribution in [0.15, 0.2) is 72.9 Å². The van der Waals surface area contributed by atoms with E-state index in [-0.39, 0.29) is 19.1 Å².